The SMILES string of the molecule is CCn1ncnc1CN(C)CCCC(=O)OC. The second-order valence-electron chi connectivity index (χ2n) is 3.91. The largest absolute Gasteiger partial charge is 0.469 e. The zero-order valence-corrected chi connectivity index (χ0v) is 10.7. The van der Waals surface area contributed by atoms with Crippen LogP contribution in [0.4, 0.5) is 0 Å². The van der Waals surface area contributed by atoms with Crippen molar-refractivity contribution in [1.82, 2.24) is 19.7 Å². The van der Waals surface area contributed by atoms with Gasteiger partial charge in [-0.15, -0.1) is 0 Å². The number of ether oxygens (including phenoxy) is 1. The van der Waals surface area contributed by atoms with Crippen LogP contribution in [0.3, 0.4) is 0 Å². The monoisotopic (exact) mass is 240 g/mol. The normalized spacial score (nSPS) is 10.8. The molecule has 0 aromatic carbocycles. The summed E-state index contributed by atoms with van der Waals surface area (Å²) < 4.78 is 6.46. The number of aromatic nitrogens is 3. The summed E-state index contributed by atoms with van der Waals surface area (Å²) >= 11 is 0. The van der Waals surface area contributed by atoms with Gasteiger partial charge in [0.25, 0.3) is 0 Å². The standard InChI is InChI=1S/C11H20N4O2/c1-4-15-10(12-9-13-15)8-14(2)7-5-6-11(16)17-3/h9H,4-8H2,1-3H3. The van der Waals surface area contributed by atoms with E-state index in [0.717, 1.165) is 31.9 Å². The van der Waals surface area contributed by atoms with Gasteiger partial charge in [0, 0.05) is 13.0 Å². The first-order valence-corrected chi connectivity index (χ1v) is 5.79. The van der Waals surface area contributed by atoms with Crippen molar-refractivity contribution in [3.8, 4) is 0 Å². The van der Waals surface area contributed by atoms with Crippen LogP contribution in [0.2, 0.25) is 0 Å². The van der Waals surface area contributed by atoms with Crippen molar-refractivity contribution in [1.29, 1.82) is 0 Å². The molecule has 0 amide bonds. The number of carbonyl (C=O) groups is 1. The third-order valence-corrected chi connectivity index (χ3v) is 2.56. The molecule has 0 N–H and O–H groups in total. The van der Waals surface area contributed by atoms with E-state index in [-0.39, 0.29) is 5.97 Å². The molecule has 96 valence electrons. The molecule has 0 aliphatic rings. The molecule has 0 bridgehead atoms. The molecule has 0 spiro atoms. The zero-order chi connectivity index (χ0) is 12.7. The van der Waals surface area contributed by atoms with Gasteiger partial charge in [-0.2, -0.15) is 5.10 Å². The van der Waals surface area contributed by atoms with Crippen LogP contribution in [0.5, 0.6) is 0 Å². The molecule has 0 aliphatic carbocycles. The molecule has 1 aromatic heterocycles. The maximum absolute atomic E-state index is 10.9. The van der Waals surface area contributed by atoms with Gasteiger partial charge < -0.3 is 4.74 Å². The molecular weight excluding hydrogens is 220 g/mol. The fourth-order valence-electron chi connectivity index (χ4n) is 1.59. The van der Waals surface area contributed by atoms with Gasteiger partial charge in [-0.25, -0.2) is 9.67 Å². The first kappa shape index (κ1) is 13.6. The lowest BCUT2D eigenvalue weighted by molar-refractivity contribution is -0.140. The van der Waals surface area contributed by atoms with Crippen LogP contribution in [-0.4, -0.2) is 46.3 Å². The molecule has 0 fully saturated rings. The van der Waals surface area contributed by atoms with Gasteiger partial charge in [0.2, 0.25) is 0 Å². The van der Waals surface area contributed by atoms with Crippen LogP contribution >= 0.6 is 0 Å². The molecular formula is C11H20N4O2. The van der Waals surface area contributed by atoms with Crippen LogP contribution in [0.25, 0.3) is 0 Å². The molecule has 0 radical (unpaired) electrons. The smallest absolute Gasteiger partial charge is 0.305 e. The Morgan fingerprint density at radius 3 is 3.00 bits per heavy atom. The summed E-state index contributed by atoms with van der Waals surface area (Å²) in [5.74, 6) is 0.795. The predicted octanol–water partition coefficient (Wildman–Crippen LogP) is 0.683. The molecule has 0 unspecified atom stereocenters. The lowest BCUT2D eigenvalue weighted by Crippen LogP contribution is -2.22. The number of hydrogen-bond donors (Lipinski definition) is 0. The number of nitrogens with zero attached hydrogens (tertiary/aromatic N) is 4. The third kappa shape index (κ3) is 4.52. The fourth-order valence-corrected chi connectivity index (χ4v) is 1.59. The summed E-state index contributed by atoms with van der Waals surface area (Å²) in [6.45, 7) is 4.45. The molecule has 0 aliphatic heterocycles. The van der Waals surface area contributed by atoms with Crippen molar-refractivity contribution in [2.45, 2.75) is 32.9 Å². The second-order valence-corrected chi connectivity index (χ2v) is 3.91. The highest BCUT2D eigenvalue weighted by molar-refractivity contribution is 5.69. The van der Waals surface area contributed by atoms with Crippen LogP contribution in [0, 0.1) is 0 Å². The van der Waals surface area contributed by atoms with Crippen molar-refractivity contribution >= 4 is 5.97 Å². The number of aryl methyl sites for hydroxylation is 1. The third-order valence-electron chi connectivity index (χ3n) is 2.56. The zero-order valence-electron chi connectivity index (χ0n) is 10.7. The van der Waals surface area contributed by atoms with Crippen molar-refractivity contribution in [2.75, 3.05) is 20.7 Å². The van der Waals surface area contributed by atoms with Gasteiger partial charge in [0.1, 0.15) is 12.2 Å². The molecule has 0 saturated heterocycles. The van der Waals surface area contributed by atoms with Crippen molar-refractivity contribution < 1.29 is 9.53 Å². The minimum Gasteiger partial charge on any atom is -0.469 e. The quantitative estimate of drug-likeness (QED) is 0.656. The molecule has 0 saturated carbocycles. The van der Waals surface area contributed by atoms with E-state index in [1.165, 1.54) is 7.11 Å². The highest BCUT2D eigenvalue weighted by Gasteiger charge is 2.07. The Balaban J connectivity index is 2.29. The van der Waals surface area contributed by atoms with Gasteiger partial charge in [0.15, 0.2) is 0 Å². The Morgan fingerprint density at radius 2 is 2.35 bits per heavy atom. The Hall–Kier alpha value is -1.43. The molecule has 1 aromatic rings. The molecule has 0 atom stereocenters. The minimum absolute atomic E-state index is 0.157. The number of carbonyl (C=O) groups excluding carboxylic acids is 1. The summed E-state index contributed by atoms with van der Waals surface area (Å²) in [5.41, 5.74) is 0. The van der Waals surface area contributed by atoms with Gasteiger partial charge in [-0.3, -0.25) is 9.69 Å². The Morgan fingerprint density at radius 1 is 1.59 bits per heavy atom. The highest BCUT2D eigenvalue weighted by atomic mass is 16.5. The lowest BCUT2D eigenvalue weighted by Gasteiger charge is -2.15. The van der Waals surface area contributed by atoms with Crippen LogP contribution in [0.15, 0.2) is 6.33 Å². The fraction of sp³-hybridized carbons (Fsp3) is 0.727. The lowest BCUT2D eigenvalue weighted by atomic mass is 10.3. The van der Waals surface area contributed by atoms with Gasteiger partial charge in [-0.1, -0.05) is 0 Å². The van der Waals surface area contributed by atoms with E-state index >= 15 is 0 Å². The number of methoxy groups -OCH3 is 1. The van der Waals surface area contributed by atoms with E-state index in [0.29, 0.717) is 6.42 Å². The van der Waals surface area contributed by atoms with Crippen LogP contribution in [0.1, 0.15) is 25.6 Å². The molecule has 6 heteroatoms. The van der Waals surface area contributed by atoms with Gasteiger partial charge in [0.05, 0.1) is 13.7 Å². The Kier molecular flexibility index (Phi) is 5.62. The Bertz CT molecular complexity index is 351. The summed E-state index contributed by atoms with van der Waals surface area (Å²) in [5, 5.41) is 4.11. The number of esters is 1. The topological polar surface area (TPSA) is 60.2 Å². The van der Waals surface area contributed by atoms with Crippen LogP contribution < -0.4 is 0 Å². The average molecular weight is 240 g/mol. The maximum Gasteiger partial charge on any atom is 0.305 e. The average Bonchev–Trinajstić information content (AvgIpc) is 2.76. The maximum atomic E-state index is 10.9. The summed E-state index contributed by atoms with van der Waals surface area (Å²) in [6.07, 6.45) is 2.83. The number of hydrogen-bond acceptors (Lipinski definition) is 5. The highest BCUT2D eigenvalue weighted by Crippen LogP contribution is 2.01. The summed E-state index contributed by atoms with van der Waals surface area (Å²) in [6, 6.07) is 0. The molecule has 1 heterocycles. The molecule has 6 nitrogen and oxygen atoms in total. The molecule has 1 rings (SSSR count). The summed E-state index contributed by atoms with van der Waals surface area (Å²) in [4.78, 5) is 17.3. The predicted molar refractivity (Wildman–Crippen MR) is 63.3 cm³/mol. The van der Waals surface area contributed by atoms with E-state index in [1.807, 2.05) is 18.7 Å². The first-order valence-electron chi connectivity index (χ1n) is 5.79. The van der Waals surface area contributed by atoms with Gasteiger partial charge in [-0.05, 0) is 26.9 Å². The van der Waals surface area contributed by atoms with Gasteiger partial charge >= 0.3 is 5.97 Å². The van der Waals surface area contributed by atoms with Crippen LogP contribution in [-0.2, 0) is 22.6 Å². The minimum atomic E-state index is -0.157. The first-order chi connectivity index (χ1) is 8.17. The van der Waals surface area contributed by atoms with Crippen molar-refractivity contribution in [3.63, 3.8) is 0 Å². The summed E-state index contributed by atoms with van der Waals surface area (Å²) in [7, 11) is 3.42. The van der Waals surface area contributed by atoms with E-state index in [2.05, 4.69) is 19.7 Å². The molecule has 17 heavy (non-hydrogen) atoms. The Labute approximate surface area is 102 Å². The van der Waals surface area contributed by atoms with Crippen molar-refractivity contribution in [3.05, 3.63) is 12.2 Å². The van der Waals surface area contributed by atoms with E-state index in [9.17, 15) is 4.79 Å². The second kappa shape index (κ2) is 7.01. The van der Waals surface area contributed by atoms with E-state index in [4.69, 9.17) is 0 Å². The van der Waals surface area contributed by atoms with E-state index < -0.39 is 0 Å². The van der Waals surface area contributed by atoms with E-state index in [1.54, 1.807) is 6.33 Å². The number of rotatable bonds is 7. The van der Waals surface area contributed by atoms with Crippen molar-refractivity contribution in [2.24, 2.45) is 0 Å².